The number of ether oxygens (including phenoxy) is 1. The maximum Gasteiger partial charge on any atom is 0.245 e. The number of aryl methyl sites for hydroxylation is 1. The minimum atomic E-state index is -0.454. The average Bonchev–Trinajstić information content (AvgIpc) is 2.64. The predicted octanol–water partition coefficient (Wildman–Crippen LogP) is 3.62. The molecule has 0 bridgehead atoms. The molecule has 0 aliphatic heterocycles. The Bertz CT molecular complexity index is 720. The van der Waals surface area contributed by atoms with Gasteiger partial charge in [0.2, 0.25) is 5.95 Å². The summed E-state index contributed by atoms with van der Waals surface area (Å²) in [5.41, 5.74) is 4.90. The molecule has 1 N–H and O–H groups in total. The molecule has 0 amide bonds. The SMILES string of the molecule is CCN(c1nc(N/N=C/c2ccc(C)cc2)ncc1F)C(C)CCOC. The molecule has 0 radical (unpaired) electrons. The number of hydrogen-bond donors (Lipinski definition) is 1. The molecule has 140 valence electrons. The second-order valence-corrected chi connectivity index (χ2v) is 6.06. The van der Waals surface area contributed by atoms with Gasteiger partial charge in [0, 0.05) is 26.3 Å². The van der Waals surface area contributed by atoms with Gasteiger partial charge in [-0.2, -0.15) is 10.1 Å². The van der Waals surface area contributed by atoms with Crippen molar-refractivity contribution < 1.29 is 9.13 Å². The Labute approximate surface area is 154 Å². The number of aromatic nitrogens is 2. The van der Waals surface area contributed by atoms with E-state index in [1.165, 1.54) is 5.56 Å². The van der Waals surface area contributed by atoms with Gasteiger partial charge in [-0.25, -0.2) is 14.8 Å². The van der Waals surface area contributed by atoms with Gasteiger partial charge in [0.25, 0.3) is 0 Å². The lowest BCUT2D eigenvalue weighted by atomic mass is 10.2. The number of anilines is 2. The second kappa shape index (κ2) is 9.82. The zero-order chi connectivity index (χ0) is 18.9. The third kappa shape index (κ3) is 5.49. The van der Waals surface area contributed by atoms with Crippen molar-refractivity contribution in [2.75, 3.05) is 30.6 Å². The fraction of sp³-hybridized carbons (Fsp3) is 0.421. The first-order chi connectivity index (χ1) is 12.5. The Hall–Kier alpha value is -2.54. The van der Waals surface area contributed by atoms with E-state index < -0.39 is 5.82 Å². The molecule has 0 fully saturated rings. The van der Waals surface area contributed by atoms with E-state index in [1.807, 2.05) is 49.9 Å². The number of benzene rings is 1. The van der Waals surface area contributed by atoms with E-state index in [-0.39, 0.29) is 17.8 Å². The molecule has 0 saturated carbocycles. The van der Waals surface area contributed by atoms with Crippen LogP contribution in [0.2, 0.25) is 0 Å². The molecule has 0 aliphatic rings. The predicted molar refractivity (Wildman–Crippen MR) is 103 cm³/mol. The molecule has 0 spiro atoms. The lowest BCUT2D eigenvalue weighted by Crippen LogP contribution is -2.35. The summed E-state index contributed by atoms with van der Waals surface area (Å²) in [6.07, 6.45) is 3.62. The van der Waals surface area contributed by atoms with Crippen molar-refractivity contribution in [3.05, 3.63) is 47.4 Å². The summed E-state index contributed by atoms with van der Waals surface area (Å²) in [5, 5.41) is 4.13. The zero-order valence-electron chi connectivity index (χ0n) is 15.7. The molecule has 1 aromatic carbocycles. The monoisotopic (exact) mass is 359 g/mol. The maximum absolute atomic E-state index is 14.3. The number of hydrogen-bond acceptors (Lipinski definition) is 6. The smallest absolute Gasteiger partial charge is 0.245 e. The maximum atomic E-state index is 14.3. The minimum Gasteiger partial charge on any atom is -0.385 e. The molecule has 2 rings (SSSR count). The largest absolute Gasteiger partial charge is 0.385 e. The lowest BCUT2D eigenvalue weighted by molar-refractivity contribution is 0.188. The molecule has 1 heterocycles. The summed E-state index contributed by atoms with van der Waals surface area (Å²) in [5.74, 6) is 0.0606. The van der Waals surface area contributed by atoms with Crippen LogP contribution in [-0.2, 0) is 4.74 Å². The van der Waals surface area contributed by atoms with E-state index in [2.05, 4.69) is 20.5 Å². The Morgan fingerprint density at radius 1 is 1.35 bits per heavy atom. The van der Waals surface area contributed by atoms with Crippen LogP contribution in [0.3, 0.4) is 0 Å². The molecule has 0 aliphatic carbocycles. The highest BCUT2D eigenvalue weighted by Gasteiger charge is 2.19. The Balaban J connectivity index is 2.11. The van der Waals surface area contributed by atoms with Gasteiger partial charge in [-0.1, -0.05) is 29.8 Å². The van der Waals surface area contributed by atoms with Crippen LogP contribution in [0.15, 0.2) is 35.6 Å². The van der Waals surface area contributed by atoms with Crippen LogP contribution in [0, 0.1) is 12.7 Å². The average molecular weight is 359 g/mol. The quantitative estimate of drug-likeness (QED) is 0.547. The number of methoxy groups -OCH3 is 1. The van der Waals surface area contributed by atoms with Crippen LogP contribution in [0.5, 0.6) is 0 Å². The van der Waals surface area contributed by atoms with E-state index in [0.29, 0.717) is 13.2 Å². The summed E-state index contributed by atoms with van der Waals surface area (Å²) >= 11 is 0. The van der Waals surface area contributed by atoms with E-state index in [0.717, 1.165) is 18.2 Å². The fourth-order valence-electron chi connectivity index (χ4n) is 2.54. The van der Waals surface area contributed by atoms with Crippen LogP contribution in [0.4, 0.5) is 16.2 Å². The number of hydrazone groups is 1. The van der Waals surface area contributed by atoms with Gasteiger partial charge in [0.05, 0.1) is 12.4 Å². The first kappa shape index (κ1) is 19.8. The highest BCUT2D eigenvalue weighted by Crippen LogP contribution is 2.20. The Kier molecular flexibility index (Phi) is 7.47. The van der Waals surface area contributed by atoms with Crippen LogP contribution in [-0.4, -0.2) is 42.5 Å². The van der Waals surface area contributed by atoms with Crippen molar-refractivity contribution in [1.29, 1.82) is 0 Å². The number of nitrogens with zero attached hydrogens (tertiary/aromatic N) is 4. The molecule has 1 unspecified atom stereocenters. The van der Waals surface area contributed by atoms with E-state index in [1.54, 1.807) is 13.3 Å². The second-order valence-electron chi connectivity index (χ2n) is 6.06. The summed E-state index contributed by atoms with van der Waals surface area (Å²) in [6.45, 7) is 7.25. The summed E-state index contributed by atoms with van der Waals surface area (Å²) in [6, 6.07) is 8.04. The third-order valence-corrected chi connectivity index (χ3v) is 4.07. The molecule has 26 heavy (non-hydrogen) atoms. The fourth-order valence-corrected chi connectivity index (χ4v) is 2.54. The first-order valence-corrected chi connectivity index (χ1v) is 8.69. The van der Waals surface area contributed by atoms with Crippen molar-refractivity contribution in [3.63, 3.8) is 0 Å². The van der Waals surface area contributed by atoms with Gasteiger partial charge >= 0.3 is 0 Å². The highest BCUT2D eigenvalue weighted by molar-refractivity contribution is 5.80. The van der Waals surface area contributed by atoms with Crippen molar-refractivity contribution in [1.82, 2.24) is 9.97 Å². The molecule has 0 saturated heterocycles. The molecule has 6 nitrogen and oxygen atoms in total. The standard InChI is InChI=1S/C19H26FN5O/c1-5-25(15(3)10-11-26-4)18-17(20)13-21-19(23-18)24-22-12-16-8-6-14(2)7-9-16/h6-9,12-13,15H,5,10-11H2,1-4H3,(H,21,23,24)/b22-12+. The van der Waals surface area contributed by atoms with Crippen LogP contribution < -0.4 is 10.3 Å². The van der Waals surface area contributed by atoms with Crippen molar-refractivity contribution in [2.24, 2.45) is 5.10 Å². The minimum absolute atomic E-state index is 0.0910. The first-order valence-electron chi connectivity index (χ1n) is 8.69. The molecule has 1 aromatic heterocycles. The summed E-state index contributed by atoms with van der Waals surface area (Å²) < 4.78 is 19.4. The molecule has 2 aromatic rings. The van der Waals surface area contributed by atoms with Crippen LogP contribution >= 0.6 is 0 Å². The normalized spacial score (nSPS) is 12.3. The Morgan fingerprint density at radius 3 is 2.73 bits per heavy atom. The number of nitrogens with one attached hydrogen (secondary N) is 1. The third-order valence-electron chi connectivity index (χ3n) is 4.07. The molecular formula is C19H26FN5O. The van der Waals surface area contributed by atoms with Crippen LogP contribution in [0.1, 0.15) is 31.4 Å². The van der Waals surface area contributed by atoms with Crippen molar-refractivity contribution >= 4 is 18.0 Å². The van der Waals surface area contributed by atoms with Gasteiger partial charge in [0.15, 0.2) is 11.6 Å². The van der Waals surface area contributed by atoms with Gasteiger partial charge in [-0.3, -0.25) is 0 Å². The molecular weight excluding hydrogens is 333 g/mol. The van der Waals surface area contributed by atoms with E-state index in [9.17, 15) is 4.39 Å². The van der Waals surface area contributed by atoms with Gasteiger partial charge < -0.3 is 9.64 Å². The highest BCUT2D eigenvalue weighted by atomic mass is 19.1. The van der Waals surface area contributed by atoms with Gasteiger partial charge in [-0.05, 0) is 32.8 Å². The number of halogens is 1. The Morgan fingerprint density at radius 2 is 2.08 bits per heavy atom. The lowest BCUT2D eigenvalue weighted by Gasteiger charge is -2.29. The zero-order valence-corrected chi connectivity index (χ0v) is 15.7. The molecule has 1 atom stereocenters. The van der Waals surface area contributed by atoms with Crippen molar-refractivity contribution in [2.45, 2.75) is 33.2 Å². The van der Waals surface area contributed by atoms with E-state index >= 15 is 0 Å². The number of rotatable bonds is 9. The van der Waals surface area contributed by atoms with Crippen molar-refractivity contribution in [3.8, 4) is 0 Å². The topological polar surface area (TPSA) is 62.6 Å². The summed E-state index contributed by atoms with van der Waals surface area (Å²) in [4.78, 5) is 10.1. The molecule has 7 heteroatoms. The van der Waals surface area contributed by atoms with Gasteiger partial charge in [0.1, 0.15) is 0 Å². The van der Waals surface area contributed by atoms with E-state index in [4.69, 9.17) is 4.74 Å². The van der Waals surface area contributed by atoms with Crippen LogP contribution in [0.25, 0.3) is 0 Å². The van der Waals surface area contributed by atoms with Gasteiger partial charge in [-0.15, -0.1) is 0 Å². The summed E-state index contributed by atoms with van der Waals surface area (Å²) in [7, 11) is 1.66.